The van der Waals surface area contributed by atoms with Gasteiger partial charge in [-0.2, -0.15) is 13.2 Å². The zero-order valence-corrected chi connectivity index (χ0v) is 15.0. The number of fused-ring (bicyclic) bond motifs is 1. The summed E-state index contributed by atoms with van der Waals surface area (Å²) in [4.78, 5) is 27.4. The molecule has 0 radical (unpaired) electrons. The Hall–Kier alpha value is -2.46. The van der Waals surface area contributed by atoms with Gasteiger partial charge in [0, 0.05) is 24.5 Å². The summed E-state index contributed by atoms with van der Waals surface area (Å²) in [5, 5.41) is 7.12. The number of nitrogens with zero attached hydrogens (tertiary/aromatic N) is 2. The maximum atomic E-state index is 12.6. The highest BCUT2D eigenvalue weighted by molar-refractivity contribution is 5.94. The van der Waals surface area contributed by atoms with Gasteiger partial charge in [0.2, 0.25) is 0 Å². The molecule has 7 nitrogen and oxygen atoms in total. The molecule has 1 aliphatic heterocycles. The van der Waals surface area contributed by atoms with Gasteiger partial charge in [0.15, 0.2) is 0 Å². The fourth-order valence-corrected chi connectivity index (χ4v) is 3.20. The van der Waals surface area contributed by atoms with E-state index in [0.29, 0.717) is 25.3 Å². The monoisotopic (exact) mass is 402 g/mol. The molecule has 154 valence electrons. The van der Waals surface area contributed by atoms with Crippen molar-refractivity contribution in [1.82, 2.24) is 9.88 Å². The predicted molar refractivity (Wildman–Crippen MR) is 91.7 cm³/mol. The number of carbonyl (C=O) groups is 2. The van der Waals surface area contributed by atoms with E-state index in [1.807, 2.05) is 4.90 Å². The van der Waals surface area contributed by atoms with Crippen LogP contribution in [0, 0.1) is 0 Å². The smallest absolute Gasteiger partial charge is 0.475 e. The van der Waals surface area contributed by atoms with Crippen LogP contribution in [0.3, 0.4) is 0 Å². The number of rotatable bonds is 4. The van der Waals surface area contributed by atoms with Crippen LogP contribution in [0.25, 0.3) is 0 Å². The molecule has 1 aromatic rings. The lowest BCUT2D eigenvalue weighted by Crippen LogP contribution is -2.53. The van der Waals surface area contributed by atoms with Crippen molar-refractivity contribution < 1.29 is 37.3 Å². The number of alkyl halides is 3. The van der Waals surface area contributed by atoms with E-state index in [2.05, 4.69) is 11.6 Å². The number of carboxylic acids is 1. The normalized spacial score (nSPS) is 24.0. The molecule has 1 aliphatic carbocycles. The summed E-state index contributed by atoms with van der Waals surface area (Å²) in [6, 6.07) is 3.62. The second-order valence-corrected chi connectivity index (χ2v) is 6.18. The van der Waals surface area contributed by atoms with Crippen LogP contribution in [0.4, 0.5) is 13.2 Å². The van der Waals surface area contributed by atoms with Crippen LogP contribution in [-0.4, -0.2) is 71.1 Å². The number of carboxylic acid groups (broad SMARTS) is 1. The summed E-state index contributed by atoms with van der Waals surface area (Å²) in [6.45, 7) is 5.39. The van der Waals surface area contributed by atoms with Crippen molar-refractivity contribution in [3.63, 3.8) is 0 Å². The lowest BCUT2D eigenvalue weighted by atomic mass is 10.1. The maximum Gasteiger partial charge on any atom is 0.490 e. The van der Waals surface area contributed by atoms with Crippen LogP contribution in [0.1, 0.15) is 23.2 Å². The summed E-state index contributed by atoms with van der Waals surface area (Å²) >= 11 is 0. The molecule has 2 aliphatic rings. The summed E-state index contributed by atoms with van der Waals surface area (Å²) < 4.78 is 43.4. The number of aromatic nitrogens is 1. The molecule has 0 unspecified atom stereocenters. The Morgan fingerprint density at radius 3 is 2.57 bits per heavy atom. The highest BCUT2D eigenvalue weighted by atomic mass is 19.4. The van der Waals surface area contributed by atoms with Crippen LogP contribution < -0.4 is 0 Å². The van der Waals surface area contributed by atoms with E-state index in [1.165, 1.54) is 0 Å². The minimum atomic E-state index is -5.08. The van der Waals surface area contributed by atoms with Gasteiger partial charge in [-0.3, -0.25) is 9.78 Å². The molecule has 1 saturated heterocycles. The number of halogens is 3. The summed E-state index contributed by atoms with van der Waals surface area (Å²) in [7, 11) is 0. The minimum absolute atomic E-state index is 0.0236. The SMILES string of the molecule is C=CCO[C@H]1CC[C@H]2[C@H]1OCCN2C(=O)c1ccncc1.O=C(O)C(F)(F)F. The first-order valence-electron chi connectivity index (χ1n) is 8.61. The number of pyridine rings is 1. The van der Waals surface area contributed by atoms with Crippen LogP contribution in [0.2, 0.25) is 0 Å². The third-order valence-corrected chi connectivity index (χ3v) is 4.39. The molecule has 3 rings (SSSR count). The van der Waals surface area contributed by atoms with E-state index in [9.17, 15) is 18.0 Å². The van der Waals surface area contributed by atoms with Gasteiger partial charge < -0.3 is 19.5 Å². The number of aliphatic carboxylic acids is 1. The van der Waals surface area contributed by atoms with E-state index in [0.717, 1.165) is 12.8 Å². The molecule has 28 heavy (non-hydrogen) atoms. The Labute approximate surface area is 159 Å². The van der Waals surface area contributed by atoms with Gasteiger partial charge >= 0.3 is 12.1 Å². The number of amides is 1. The van der Waals surface area contributed by atoms with E-state index < -0.39 is 12.1 Å². The molecule has 1 N–H and O–H groups in total. The Bertz CT molecular complexity index is 684. The van der Waals surface area contributed by atoms with Gasteiger partial charge in [-0.1, -0.05) is 6.08 Å². The Kier molecular flexibility index (Phi) is 7.53. The van der Waals surface area contributed by atoms with Gasteiger partial charge in [0.25, 0.3) is 5.91 Å². The molecule has 2 heterocycles. The molecular formula is C18H21F3N2O5. The second-order valence-electron chi connectivity index (χ2n) is 6.18. The minimum Gasteiger partial charge on any atom is -0.475 e. The standard InChI is InChI=1S/C16H20N2O3.C2HF3O2/c1-2-10-20-14-4-3-13-15(14)21-11-9-18(13)16(19)12-5-7-17-8-6-12;3-2(4,5)1(6)7/h2,5-8,13-15H,1,3-4,9-11H2;(H,6,7)/t13-,14-,15+;/m0./s1. The zero-order valence-electron chi connectivity index (χ0n) is 15.0. The van der Waals surface area contributed by atoms with E-state index in [1.54, 1.807) is 30.6 Å². The number of ether oxygens (including phenoxy) is 2. The van der Waals surface area contributed by atoms with Crippen molar-refractivity contribution in [2.75, 3.05) is 19.8 Å². The Morgan fingerprint density at radius 2 is 2.00 bits per heavy atom. The van der Waals surface area contributed by atoms with Crippen molar-refractivity contribution in [2.45, 2.75) is 37.3 Å². The number of hydrogen-bond acceptors (Lipinski definition) is 5. The van der Waals surface area contributed by atoms with Gasteiger partial charge in [-0.25, -0.2) is 4.79 Å². The van der Waals surface area contributed by atoms with Crippen molar-refractivity contribution >= 4 is 11.9 Å². The van der Waals surface area contributed by atoms with E-state index in [-0.39, 0.29) is 24.2 Å². The van der Waals surface area contributed by atoms with Crippen molar-refractivity contribution in [2.24, 2.45) is 0 Å². The summed E-state index contributed by atoms with van der Waals surface area (Å²) in [6.07, 6.45) is 1.83. The topological polar surface area (TPSA) is 89.0 Å². The summed E-state index contributed by atoms with van der Waals surface area (Å²) in [5.41, 5.74) is 0.682. The van der Waals surface area contributed by atoms with E-state index in [4.69, 9.17) is 19.4 Å². The molecule has 0 bridgehead atoms. The maximum absolute atomic E-state index is 12.6. The zero-order chi connectivity index (χ0) is 20.7. The van der Waals surface area contributed by atoms with Gasteiger partial charge in [0.05, 0.1) is 25.4 Å². The lowest BCUT2D eigenvalue weighted by Gasteiger charge is -2.39. The number of carbonyl (C=O) groups excluding carboxylic acids is 1. The highest BCUT2D eigenvalue weighted by Gasteiger charge is 2.45. The van der Waals surface area contributed by atoms with Gasteiger partial charge in [0.1, 0.15) is 6.10 Å². The van der Waals surface area contributed by atoms with Gasteiger partial charge in [-0.15, -0.1) is 6.58 Å². The molecule has 0 aromatic carbocycles. The van der Waals surface area contributed by atoms with Gasteiger partial charge in [-0.05, 0) is 25.0 Å². The Balaban J connectivity index is 0.000000345. The predicted octanol–water partition coefficient (Wildman–Crippen LogP) is 2.29. The summed E-state index contributed by atoms with van der Waals surface area (Å²) in [5.74, 6) is -2.70. The van der Waals surface area contributed by atoms with Crippen molar-refractivity contribution in [3.8, 4) is 0 Å². The third kappa shape index (κ3) is 5.52. The van der Waals surface area contributed by atoms with Crippen LogP contribution in [-0.2, 0) is 14.3 Å². The van der Waals surface area contributed by atoms with Crippen LogP contribution >= 0.6 is 0 Å². The van der Waals surface area contributed by atoms with Crippen LogP contribution in [0.15, 0.2) is 37.2 Å². The third-order valence-electron chi connectivity index (χ3n) is 4.39. The lowest BCUT2D eigenvalue weighted by molar-refractivity contribution is -0.192. The molecule has 2 fully saturated rings. The fraction of sp³-hybridized carbons (Fsp3) is 0.500. The first-order valence-corrected chi connectivity index (χ1v) is 8.61. The molecule has 1 aromatic heterocycles. The van der Waals surface area contributed by atoms with Crippen molar-refractivity contribution in [3.05, 3.63) is 42.7 Å². The second kappa shape index (κ2) is 9.65. The first-order chi connectivity index (χ1) is 13.3. The fourth-order valence-electron chi connectivity index (χ4n) is 3.20. The quantitative estimate of drug-likeness (QED) is 0.778. The molecular weight excluding hydrogens is 381 g/mol. The molecule has 1 saturated carbocycles. The largest absolute Gasteiger partial charge is 0.490 e. The molecule has 10 heteroatoms. The average molecular weight is 402 g/mol. The first kappa shape index (κ1) is 21.8. The average Bonchev–Trinajstić information content (AvgIpc) is 3.09. The van der Waals surface area contributed by atoms with Crippen LogP contribution in [0.5, 0.6) is 0 Å². The van der Waals surface area contributed by atoms with Crippen molar-refractivity contribution in [1.29, 1.82) is 0 Å². The highest BCUT2D eigenvalue weighted by Crippen LogP contribution is 2.32. The number of morpholine rings is 1. The molecule has 0 spiro atoms. The van der Waals surface area contributed by atoms with E-state index >= 15 is 0 Å². The number of hydrogen-bond donors (Lipinski definition) is 1. The molecule has 3 atom stereocenters. The molecule has 1 amide bonds. The Morgan fingerprint density at radius 1 is 1.36 bits per heavy atom.